The van der Waals surface area contributed by atoms with Crippen molar-refractivity contribution in [3.05, 3.63) is 64.2 Å². The number of benzene rings is 2. The van der Waals surface area contributed by atoms with Gasteiger partial charge in [0.15, 0.2) is 15.8 Å². The molecule has 0 heterocycles. The van der Waals surface area contributed by atoms with Gasteiger partial charge in [-0.25, -0.2) is 13.4 Å². The Balaban J connectivity index is 0.00000300. The van der Waals surface area contributed by atoms with Crippen molar-refractivity contribution in [2.45, 2.75) is 51.1 Å². The molecule has 3 rings (SSSR count). The predicted octanol–water partition coefficient (Wildman–Crippen LogP) is 3.76. The number of aryl methyl sites for hydroxylation is 3. The molecule has 0 saturated carbocycles. The fourth-order valence-corrected chi connectivity index (χ4v) is 4.62. The van der Waals surface area contributed by atoms with Crippen LogP contribution in [0.1, 0.15) is 41.2 Å². The van der Waals surface area contributed by atoms with E-state index in [1.807, 2.05) is 26.0 Å². The fraction of sp³-hybridized carbons (Fsp3) is 0.409. The third kappa shape index (κ3) is 6.44. The van der Waals surface area contributed by atoms with Crippen molar-refractivity contribution >= 4 is 39.8 Å². The molecule has 0 bridgehead atoms. The first-order chi connectivity index (χ1) is 13.4. The standard InChI is InChI=1S/C22H29N3O2S.HI/c1-4-23-22(25-15-18-8-10-19-6-5-7-20(19)13-18)24-14-17-9-11-21(16(2)12-17)28(3,26)27;/h8-13H,4-7,14-15H2,1-3H3,(H2,23,24,25);1H. The minimum atomic E-state index is -3.19. The third-order valence-corrected chi connectivity index (χ3v) is 6.28. The Hall–Kier alpha value is -1.61. The van der Waals surface area contributed by atoms with Crippen LogP contribution >= 0.6 is 24.0 Å². The van der Waals surface area contributed by atoms with Gasteiger partial charge < -0.3 is 10.6 Å². The molecule has 2 aromatic rings. The van der Waals surface area contributed by atoms with Gasteiger partial charge >= 0.3 is 0 Å². The van der Waals surface area contributed by atoms with Gasteiger partial charge in [0.1, 0.15) is 0 Å². The van der Waals surface area contributed by atoms with Crippen LogP contribution in [0.5, 0.6) is 0 Å². The van der Waals surface area contributed by atoms with Gasteiger partial charge in [0.05, 0.1) is 11.4 Å². The van der Waals surface area contributed by atoms with Gasteiger partial charge in [0.2, 0.25) is 0 Å². The van der Waals surface area contributed by atoms with Crippen LogP contribution in [0.25, 0.3) is 0 Å². The Morgan fingerprint density at radius 3 is 2.45 bits per heavy atom. The zero-order chi connectivity index (χ0) is 20.1. The molecule has 7 heteroatoms. The number of guanidine groups is 1. The summed E-state index contributed by atoms with van der Waals surface area (Å²) < 4.78 is 23.5. The first-order valence-corrected chi connectivity index (χ1v) is 11.7. The number of hydrogen-bond donors (Lipinski definition) is 2. The van der Waals surface area contributed by atoms with E-state index in [-0.39, 0.29) is 24.0 Å². The molecule has 0 fully saturated rings. The highest BCUT2D eigenvalue weighted by molar-refractivity contribution is 14.0. The van der Waals surface area contributed by atoms with Crippen LogP contribution in [0.3, 0.4) is 0 Å². The van der Waals surface area contributed by atoms with Crippen LogP contribution in [-0.2, 0) is 35.8 Å². The topological polar surface area (TPSA) is 70.6 Å². The average molecular weight is 527 g/mol. The molecule has 0 aromatic heterocycles. The number of aliphatic imine (C=N–C) groups is 1. The second-order valence-corrected chi connectivity index (χ2v) is 9.36. The summed E-state index contributed by atoms with van der Waals surface area (Å²) in [5, 5.41) is 6.66. The Bertz CT molecular complexity index is 988. The lowest BCUT2D eigenvalue weighted by molar-refractivity contribution is 0.601. The van der Waals surface area contributed by atoms with Gasteiger partial charge in [-0.2, -0.15) is 0 Å². The summed E-state index contributed by atoms with van der Waals surface area (Å²) in [5.74, 6) is 0.757. The number of sulfone groups is 1. The molecule has 1 aliphatic rings. The summed E-state index contributed by atoms with van der Waals surface area (Å²) in [6.07, 6.45) is 4.87. The average Bonchev–Trinajstić information content (AvgIpc) is 3.10. The van der Waals surface area contributed by atoms with Crippen molar-refractivity contribution in [3.8, 4) is 0 Å². The van der Waals surface area contributed by atoms with E-state index >= 15 is 0 Å². The number of nitrogens with zero attached hydrogens (tertiary/aromatic N) is 1. The number of rotatable bonds is 6. The van der Waals surface area contributed by atoms with Crippen LogP contribution in [-0.4, -0.2) is 27.2 Å². The molecule has 0 atom stereocenters. The molecule has 2 N–H and O–H groups in total. The summed E-state index contributed by atoms with van der Waals surface area (Å²) in [4.78, 5) is 5.03. The Labute approximate surface area is 191 Å². The monoisotopic (exact) mass is 527 g/mol. The number of halogens is 1. The van der Waals surface area contributed by atoms with E-state index in [9.17, 15) is 8.42 Å². The fourth-order valence-electron chi connectivity index (χ4n) is 3.66. The summed E-state index contributed by atoms with van der Waals surface area (Å²) in [7, 11) is -3.19. The minimum Gasteiger partial charge on any atom is -0.357 e. The van der Waals surface area contributed by atoms with Gasteiger partial charge in [-0.05, 0) is 67.0 Å². The molecule has 0 amide bonds. The first-order valence-electron chi connectivity index (χ1n) is 9.79. The first kappa shape index (κ1) is 23.7. The van der Waals surface area contributed by atoms with Gasteiger partial charge in [0.25, 0.3) is 0 Å². The molecule has 0 saturated heterocycles. The zero-order valence-corrected chi connectivity index (χ0v) is 20.4. The number of nitrogens with one attached hydrogen (secondary N) is 2. The van der Waals surface area contributed by atoms with Gasteiger partial charge in [-0.3, -0.25) is 0 Å². The Morgan fingerprint density at radius 2 is 1.76 bits per heavy atom. The molecule has 158 valence electrons. The molecule has 0 unspecified atom stereocenters. The summed E-state index contributed by atoms with van der Waals surface area (Å²) in [6.45, 7) is 5.86. The summed E-state index contributed by atoms with van der Waals surface area (Å²) >= 11 is 0. The molecule has 2 aromatic carbocycles. The van der Waals surface area contributed by atoms with Crippen LogP contribution < -0.4 is 10.6 Å². The number of fused-ring (bicyclic) bond motifs is 1. The van der Waals surface area contributed by atoms with E-state index in [0.29, 0.717) is 11.4 Å². The largest absolute Gasteiger partial charge is 0.357 e. The molecular formula is C22H30IN3O2S. The molecule has 5 nitrogen and oxygen atoms in total. The van der Waals surface area contributed by atoms with Crippen molar-refractivity contribution < 1.29 is 8.42 Å². The van der Waals surface area contributed by atoms with Crippen molar-refractivity contribution in [1.82, 2.24) is 10.6 Å². The lowest BCUT2D eigenvalue weighted by atomic mass is 10.1. The highest BCUT2D eigenvalue weighted by Crippen LogP contribution is 2.22. The van der Waals surface area contributed by atoms with Crippen molar-refractivity contribution in [2.75, 3.05) is 12.8 Å². The van der Waals surface area contributed by atoms with Crippen LogP contribution in [0.15, 0.2) is 46.3 Å². The number of hydrogen-bond acceptors (Lipinski definition) is 3. The van der Waals surface area contributed by atoms with E-state index in [0.717, 1.165) is 30.2 Å². The predicted molar refractivity (Wildman–Crippen MR) is 130 cm³/mol. The molecular weight excluding hydrogens is 497 g/mol. The maximum Gasteiger partial charge on any atom is 0.191 e. The van der Waals surface area contributed by atoms with Crippen LogP contribution in [0.4, 0.5) is 0 Å². The molecule has 0 spiro atoms. The maximum atomic E-state index is 11.8. The van der Waals surface area contributed by atoms with Crippen LogP contribution in [0, 0.1) is 6.92 Å². The lowest BCUT2D eigenvalue weighted by Gasteiger charge is -2.12. The van der Waals surface area contributed by atoms with Gasteiger partial charge in [0, 0.05) is 19.3 Å². The van der Waals surface area contributed by atoms with Crippen molar-refractivity contribution in [2.24, 2.45) is 4.99 Å². The SMILES string of the molecule is CCNC(=NCc1ccc(S(C)(=O)=O)c(C)c1)NCc1ccc2c(c1)CCC2.I. The Morgan fingerprint density at radius 1 is 1.03 bits per heavy atom. The summed E-state index contributed by atoms with van der Waals surface area (Å²) in [6, 6.07) is 12.1. The van der Waals surface area contributed by atoms with E-state index < -0.39 is 9.84 Å². The van der Waals surface area contributed by atoms with E-state index in [1.165, 1.54) is 42.2 Å². The van der Waals surface area contributed by atoms with Crippen molar-refractivity contribution in [3.63, 3.8) is 0 Å². The van der Waals surface area contributed by atoms with Crippen molar-refractivity contribution in [1.29, 1.82) is 0 Å². The smallest absolute Gasteiger partial charge is 0.191 e. The highest BCUT2D eigenvalue weighted by Gasteiger charge is 2.12. The van der Waals surface area contributed by atoms with Gasteiger partial charge in [-0.1, -0.05) is 30.3 Å². The third-order valence-electron chi connectivity index (χ3n) is 5.03. The van der Waals surface area contributed by atoms with E-state index in [4.69, 9.17) is 0 Å². The second kappa shape index (κ2) is 10.4. The molecule has 0 radical (unpaired) electrons. The minimum absolute atomic E-state index is 0. The van der Waals surface area contributed by atoms with Crippen LogP contribution in [0.2, 0.25) is 0 Å². The Kier molecular flexibility index (Phi) is 8.51. The second-order valence-electron chi connectivity index (χ2n) is 7.38. The quantitative estimate of drug-likeness (QED) is 0.341. The lowest BCUT2D eigenvalue weighted by Crippen LogP contribution is -2.36. The normalized spacial score (nSPS) is 13.6. The maximum absolute atomic E-state index is 11.8. The highest BCUT2D eigenvalue weighted by atomic mass is 127. The van der Waals surface area contributed by atoms with E-state index in [1.54, 1.807) is 6.07 Å². The molecule has 0 aliphatic heterocycles. The van der Waals surface area contributed by atoms with E-state index in [2.05, 4.69) is 33.8 Å². The molecule has 29 heavy (non-hydrogen) atoms. The summed E-state index contributed by atoms with van der Waals surface area (Å²) in [5.41, 5.74) is 5.96. The molecule has 1 aliphatic carbocycles. The zero-order valence-electron chi connectivity index (χ0n) is 17.3. The van der Waals surface area contributed by atoms with Gasteiger partial charge in [-0.15, -0.1) is 24.0 Å².